The molecule has 1 heterocycles. The van der Waals surface area contributed by atoms with Gasteiger partial charge in [-0.1, -0.05) is 13.0 Å². The fourth-order valence-electron chi connectivity index (χ4n) is 3.50. The number of urea groups is 1. The molecule has 2 N–H and O–H groups in total. The molecule has 0 bridgehead atoms. The van der Waals surface area contributed by atoms with Crippen LogP contribution in [0, 0.1) is 9.49 Å². The molecule has 1 saturated heterocycles. The van der Waals surface area contributed by atoms with Gasteiger partial charge in [-0.05, 0) is 72.4 Å². The molecule has 3 rings (SSSR count). The van der Waals surface area contributed by atoms with Crippen molar-refractivity contribution in [3.05, 3.63) is 27.8 Å². The summed E-state index contributed by atoms with van der Waals surface area (Å²) in [6.07, 6.45) is 2.84. The molecule has 1 spiro atoms. The highest BCUT2D eigenvalue weighted by Crippen LogP contribution is 2.36. The molecule has 1 aliphatic heterocycles. The Bertz CT molecular complexity index is 805. The standard InChI is InChI=1S/C19H22IN3O5/c1-12-5-7-19(8-6-12)17(26)23(18(27)22-19)10-16(25)28-11-15(24)21-14-4-2-3-13(20)9-14/h2-4,9,12H,5-8,10-11H2,1H3,(H,21,24)(H,22,27). The van der Waals surface area contributed by atoms with Crippen LogP contribution in [0.3, 0.4) is 0 Å². The summed E-state index contributed by atoms with van der Waals surface area (Å²) in [7, 11) is 0. The Morgan fingerprint density at radius 2 is 2.04 bits per heavy atom. The smallest absolute Gasteiger partial charge is 0.326 e. The molecule has 0 atom stereocenters. The number of esters is 1. The van der Waals surface area contributed by atoms with Crippen molar-refractivity contribution in [1.29, 1.82) is 0 Å². The maximum Gasteiger partial charge on any atom is 0.326 e. The molecule has 1 aliphatic carbocycles. The largest absolute Gasteiger partial charge is 0.454 e. The summed E-state index contributed by atoms with van der Waals surface area (Å²) in [5, 5.41) is 5.37. The third kappa shape index (κ3) is 4.62. The maximum atomic E-state index is 12.7. The molecule has 0 unspecified atom stereocenters. The minimum Gasteiger partial charge on any atom is -0.454 e. The molecule has 9 heteroatoms. The predicted octanol–water partition coefficient (Wildman–Crippen LogP) is 2.27. The summed E-state index contributed by atoms with van der Waals surface area (Å²) < 4.78 is 5.89. The van der Waals surface area contributed by atoms with E-state index in [1.807, 2.05) is 6.07 Å². The lowest BCUT2D eigenvalue weighted by Gasteiger charge is -2.33. The lowest BCUT2D eigenvalue weighted by atomic mass is 9.77. The van der Waals surface area contributed by atoms with Gasteiger partial charge >= 0.3 is 12.0 Å². The van der Waals surface area contributed by atoms with E-state index in [0.29, 0.717) is 24.4 Å². The van der Waals surface area contributed by atoms with Crippen molar-refractivity contribution in [2.45, 2.75) is 38.1 Å². The van der Waals surface area contributed by atoms with Crippen LogP contribution in [0.15, 0.2) is 24.3 Å². The molecule has 0 aromatic heterocycles. The van der Waals surface area contributed by atoms with Crippen molar-refractivity contribution >= 4 is 52.1 Å². The third-order valence-electron chi connectivity index (χ3n) is 5.13. The van der Waals surface area contributed by atoms with Crippen LogP contribution in [0.2, 0.25) is 0 Å². The SMILES string of the molecule is CC1CCC2(CC1)NC(=O)N(CC(=O)OCC(=O)Nc1cccc(I)c1)C2=O. The number of nitrogens with zero attached hydrogens (tertiary/aromatic N) is 1. The number of rotatable bonds is 5. The van der Waals surface area contributed by atoms with Crippen molar-refractivity contribution in [1.82, 2.24) is 10.2 Å². The summed E-state index contributed by atoms with van der Waals surface area (Å²) in [6, 6.07) is 6.59. The van der Waals surface area contributed by atoms with Gasteiger partial charge in [-0.2, -0.15) is 0 Å². The first-order valence-corrected chi connectivity index (χ1v) is 10.2. The van der Waals surface area contributed by atoms with E-state index in [0.717, 1.165) is 21.3 Å². The number of carbonyl (C=O) groups excluding carboxylic acids is 4. The molecule has 8 nitrogen and oxygen atoms in total. The molecular formula is C19H22IN3O5. The summed E-state index contributed by atoms with van der Waals surface area (Å²) in [5.41, 5.74) is -0.304. The lowest BCUT2D eigenvalue weighted by molar-refractivity contribution is -0.150. The van der Waals surface area contributed by atoms with E-state index in [-0.39, 0.29) is 5.91 Å². The van der Waals surface area contributed by atoms with Crippen molar-refractivity contribution in [2.24, 2.45) is 5.92 Å². The summed E-state index contributed by atoms with van der Waals surface area (Å²) in [5.74, 6) is -1.17. The van der Waals surface area contributed by atoms with Crippen molar-refractivity contribution in [3.8, 4) is 0 Å². The monoisotopic (exact) mass is 499 g/mol. The average Bonchev–Trinajstić information content (AvgIpc) is 2.87. The first-order valence-electron chi connectivity index (χ1n) is 9.14. The number of benzene rings is 1. The van der Waals surface area contributed by atoms with Gasteiger partial charge in [0.15, 0.2) is 6.61 Å². The zero-order valence-corrected chi connectivity index (χ0v) is 17.7. The Hall–Kier alpha value is -2.17. The van der Waals surface area contributed by atoms with Crippen molar-refractivity contribution < 1.29 is 23.9 Å². The molecule has 2 fully saturated rings. The van der Waals surface area contributed by atoms with Crippen LogP contribution in [0.1, 0.15) is 32.6 Å². The van der Waals surface area contributed by atoms with Gasteiger partial charge < -0.3 is 15.4 Å². The minimum atomic E-state index is -0.897. The van der Waals surface area contributed by atoms with Gasteiger partial charge in [0.2, 0.25) is 0 Å². The predicted molar refractivity (Wildman–Crippen MR) is 109 cm³/mol. The van der Waals surface area contributed by atoms with Crippen molar-refractivity contribution in [2.75, 3.05) is 18.5 Å². The van der Waals surface area contributed by atoms with Crippen LogP contribution in [-0.2, 0) is 19.1 Å². The van der Waals surface area contributed by atoms with Gasteiger partial charge in [0.1, 0.15) is 12.1 Å². The van der Waals surface area contributed by atoms with Gasteiger partial charge in [0.05, 0.1) is 0 Å². The lowest BCUT2D eigenvalue weighted by Crippen LogP contribution is -2.49. The fourth-order valence-corrected chi connectivity index (χ4v) is 4.04. The van der Waals surface area contributed by atoms with Gasteiger partial charge in [-0.25, -0.2) is 4.79 Å². The van der Waals surface area contributed by atoms with E-state index in [1.165, 1.54) is 0 Å². The molecule has 0 radical (unpaired) electrons. The molecule has 28 heavy (non-hydrogen) atoms. The zero-order valence-electron chi connectivity index (χ0n) is 15.5. The van der Waals surface area contributed by atoms with E-state index in [1.54, 1.807) is 18.2 Å². The number of carbonyl (C=O) groups is 4. The number of imide groups is 1. The minimum absolute atomic E-state index is 0.385. The van der Waals surface area contributed by atoms with Crippen molar-refractivity contribution in [3.63, 3.8) is 0 Å². The van der Waals surface area contributed by atoms with E-state index >= 15 is 0 Å². The Balaban J connectivity index is 1.50. The molecule has 4 amide bonds. The number of hydrogen-bond donors (Lipinski definition) is 2. The average molecular weight is 499 g/mol. The first-order chi connectivity index (χ1) is 13.3. The summed E-state index contributed by atoms with van der Waals surface area (Å²) in [4.78, 5) is 49.7. The van der Waals surface area contributed by atoms with Gasteiger partial charge in [-0.3, -0.25) is 19.3 Å². The van der Waals surface area contributed by atoms with Crippen LogP contribution in [0.5, 0.6) is 0 Å². The number of ether oxygens (including phenoxy) is 1. The van der Waals surface area contributed by atoms with Crippen LogP contribution >= 0.6 is 22.6 Å². The van der Waals surface area contributed by atoms with Crippen LogP contribution in [0.4, 0.5) is 10.5 Å². The van der Waals surface area contributed by atoms with E-state index in [4.69, 9.17) is 4.74 Å². The van der Waals surface area contributed by atoms with E-state index < -0.39 is 36.6 Å². The number of amides is 4. The highest BCUT2D eigenvalue weighted by atomic mass is 127. The highest BCUT2D eigenvalue weighted by molar-refractivity contribution is 14.1. The van der Waals surface area contributed by atoms with Gasteiger partial charge in [0.25, 0.3) is 11.8 Å². The zero-order chi connectivity index (χ0) is 20.3. The Kier molecular flexibility index (Phi) is 6.21. The van der Waals surface area contributed by atoms with E-state index in [9.17, 15) is 19.2 Å². The fraction of sp³-hybridized carbons (Fsp3) is 0.474. The first kappa shape index (κ1) is 20.6. The molecule has 1 aromatic rings. The Morgan fingerprint density at radius 1 is 1.32 bits per heavy atom. The summed E-state index contributed by atoms with van der Waals surface area (Å²) >= 11 is 2.12. The second-order valence-electron chi connectivity index (χ2n) is 7.31. The van der Waals surface area contributed by atoms with Crippen LogP contribution in [-0.4, -0.2) is 47.4 Å². The second-order valence-corrected chi connectivity index (χ2v) is 8.55. The number of nitrogens with one attached hydrogen (secondary N) is 2. The Morgan fingerprint density at radius 3 is 2.71 bits per heavy atom. The summed E-state index contributed by atoms with van der Waals surface area (Å²) in [6.45, 7) is 1.12. The second kappa shape index (κ2) is 8.46. The van der Waals surface area contributed by atoms with Gasteiger partial charge in [0, 0.05) is 9.26 Å². The Labute approximate surface area is 176 Å². The topological polar surface area (TPSA) is 105 Å². The molecular weight excluding hydrogens is 477 g/mol. The van der Waals surface area contributed by atoms with E-state index in [2.05, 4.69) is 40.1 Å². The number of anilines is 1. The van der Waals surface area contributed by atoms with Gasteiger partial charge in [-0.15, -0.1) is 0 Å². The normalized spacial score (nSPS) is 24.2. The molecule has 1 saturated carbocycles. The third-order valence-corrected chi connectivity index (χ3v) is 5.80. The quantitative estimate of drug-likeness (QED) is 0.368. The number of halogens is 1. The molecule has 1 aromatic carbocycles. The maximum absolute atomic E-state index is 12.7. The molecule has 2 aliphatic rings. The number of hydrogen-bond acceptors (Lipinski definition) is 5. The highest BCUT2D eigenvalue weighted by Gasteiger charge is 2.52. The molecule has 150 valence electrons. The van der Waals surface area contributed by atoms with Crippen LogP contribution in [0.25, 0.3) is 0 Å². The van der Waals surface area contributed by atoms with Crippen LogP contribution < -0.4 is 10.6 Å².